The third-order valence-corrected chi connectivity index (χ3v) is 8.43. The maximum atomic E-state index is 13.9. The molecule has 244 valence electrons. The van der Waals surface area contributed by atoms with Crippen molar-refractivity contribution in [1.82, 2.24) is 20.4 Å². The summed E-state index contributed by atoms with van der Waals surface area (Å²) in [7, 11) is 0. The summed E-state index contributed by atoms with van der Waals surface area (Å²) < 4.78 is 5.37. The highest BCUT2D eigenvalue weighted by atomic mass is 16.5. The Kier molecular flexibility index (Phi) is 10.7. The molecule has 4 N–H and O–H groups in total. The number of anilines is 1. The van der Waals surface area contributed by atoms with Crippen LogP contribution < -0.4 is 16.0 Å². The number of hydrogen-bond donors (Lipinski definition) is 4. The molecule has 2 heterocycles. The van der Waals surface area contributed by atoms with Crippen molar-refractivity contribution in [3.05, 3.63) is 89.5 Å². The first-order valence-electron chi connectivity index (χ1n) is 16.0. The first-order chi connectivity index (χ1) is 22.1. The predicted octanol–water partition coefficient (Wildman–Crippen LogP) is 3.93. The van der Waals surface area contributed by atoms with Crippen molar-refractivity contribution in [2.45, 2.75) is 64.4 Å². The molecule has 46 heavy (non-hydrogen) atoms. The quantitative estimate of drug-likeness (QED) is 0.270. The SMILES string of the molecule is C[C@@H](O)CNC(C)(C)CC(=O)N[C@@H]1Cc2ccccc2CN(Cc2ccc(-c3ccccc3NC(=O)N3CCOCC3)cc2)C1=O. The lowest BCUT2D eigenvalue weighted by molar-refractivity contribution is -0.137. The van der Waals surface area contributed by atoms with E-state index < -0.39 is 17.7 Å². The van der Waals surface area contributed by atoms with Gasteiger partial charge in [-0.1, -0.05) is 66.7 Å². The van der Waals surface area contributed by atoms with Crippen molar-refractivity contribution >= 4 is 23.5 Å². The summed E-state index contributed by atoms with van der Waals surface area (Å²) >= 11 is 0. The van der Waals surface area contributed by atoms with Crippen LogP contribution in [0.5, 0.6) is 0 Å². The molecule has 2 aliphatic heterocycles. The number of rotatable bonds is 10. The van der Waals surface area contributed by atoms with E-state index in [1.807, 2.05) is 86.6 Å². The van der Waals surface area contributed by atoms with Crippen molar-refractivity contribution in [3.63, 3.8) is 0 Å². The molecule has 3 aromatic carbocycles. The highest BCUT2D eigenvalue weighted by Crippen LogP contribution is 2.29. The second-order valence-electron chi connectivity index (χ2n) is 12.8. The molecule has 0 aromatic heterocycles. The second-order valence-corrected chi connectivity index (χ2v) is 12.8. The van der Waals surface area contributed by atoms with Gasteiger partial charge in [0, 0.05) is 56.7 Å². The average Bonchev–Trinajstić information content (AvgIpc) is 3.16. The molecule has 0 spiro atoms. The summed E-state index contributed by atoms with van der Waals surface area (Å²) in [5, 5.41) is 18.9. The summed E-state index contributed by atoms with van der Waals surface area (Å²) in [4.78, 5) is 43.5. The van der Waals surface area contributed by atoms with Gasteiger partial charge >= 0.3 is 6.03 Å². The van der Waals surface area contributed by atoms with Crippen molar-refractivity contribution in [3.8, 4) is 11.1 Å². The third kappa shape index (κ3) is 8.72. The Balaban J connectivity index is 1.29. The molecule has 5 rings (SSSR count). The van der Waals surface area contributed by atoms with Gasteiger partial charge in [-0.3, -0.25) is 9.59 Å². The molecular weight excluding hydrogens is 582 g/mol. The number of nitrogens with zero attached hydrogens (tertiary/aromatic N) is 2. The topological polar surface area (TPSA) is 123 Å². The first kappa shape index (κ1) is 33.1. The van der Waals surface area contributed by atoms with E-state index in [0.29, 0.717) is 52.4 Å². The fourth-order valence-electron chi connectivity index (χ4n) is 5.92. The van der Waals surface area contributed by atoms with Crippen LogP contribution in [0, 0.1) is 0 Å². The molecule has 1 fully saturated rings. The van der Waals surface area contributed by atoms with E-state index in [-0.39, 0.29) is 24.3 Å². The molecule has 0 aliphatic carbocycles. The van der Waals surface area contributed by atoms with E-state index >= 15 is 0 Å². The molecule has 10 heteroatoms. The molecule has 10 nitrogen and oxygen atoms in total. The lowest BCUT2D eigenvalue weighted by Crippen LogP contribution is -2.51. The zero-order valence-corrected chi connectivity index (χ0v) is 26.9. The van der Waals surface area contributed by atoms with E-state index in [9.17, 15) is 19.5 Å². The lowest BCUT2D eigenvalue weighted by atomic mass is 9.98. The molecule has 1 saturated heterocycles. The van der Waals surface area contributed by atoms with E-state index in [1.165, 1.54) is 0 Å². The molecule has 3 aromatic rings. The number of amides is 4. The minimum atomic E-state index is -0.690. The van der Waals surface area contributed by atoms with Crippen LogP contribution in [0.4, 0.5) is 10.5 Å². The summed E-state index contributed by atoms with van der Waals surface area (Å²) in [5.41, 5.74) is 5.11. The Bertz CT molecular complexity index is 1520. The van der Waals surface area contributed by atoms with Gasteiger partial charge in [0.1, 0.15) is 6.04 Å². The molecular formula is C36H45N5O5. The Morgan fingerprint density at radius 2 is 1.65 bits per heavy atom. The number of ether oxygens (including phenoxy) is 1. The zero-order valence-electron chi connectivity index (χ0n) is 26.9. The number of para-hydroxylation sites is 1. The fourth-order valence-corrected chi connectivity index (χ4v) is 5.92. The van der Waals surface area contributed by atoms with Crippen LogP contribution in [-0.4, -0.2) is 83.3 Å². The largest absolute Gasteiger partial charge is 0.392 e. The number of morpholine rings is 1. The molecule has 2 atom stereocenters. The zero-order chi connectivity index (χ0) is 32.7. The van der Waals surface area contributed by atoms with Crippen LogP contribution >= 0.6 is 0 Å². The van der Waals surface area contributed by atoms with Crippen molar-refractivity contribution < 1.29 is 24.2 Å². The molecule has 4 amide bonds. The molecule has 0 saturated carbocycles. The van der Waals surface area contributed by atoms with Gasteiger partial charge in [-0.25, -0.2) is 4.79 Å². The standard InChI is InChI=1S/C36H45N5O5/c1-25(42)22-37-36(2,3)21-33(43)38-32-20-28-8-4-5-9-29(28)24-41(34(32)44)23-26-12-14-27(15-13-26)30-10-6-7-11-31(30)39-35(45)40-16-18-46-19-17-40/h4-15,25,32,37,42H,16-24H2,1-3H3,(H,38,43)(H,39,45)/t25-,32-/m1/s1. The van der Waals surface area contributed by atoms with Crippen molar-refractivity contribution in [2.24, 2.45) is 0 Å². The van der Waals surface area contributed by atoms with Crippen LogP contribution in [-0.2, 0) is 33.8 Å². The van der Waals surface area contributed by atoms with E-state index in [1.54, 1.807) is 16.7 Å². The maximum absolute atomic E-state index is 13.9. The van der Waals surface area contributed by atoms with Crippen molar-refractivity contribution in [2.75, 3.05) is 38.2 Å². The van der Waals surface area contributed by atoms with Crippen LogP contribution in [0.15, 0.2) is 72.8 Å². The Labute approximate surface area is 271 Å². The lowest BCUT2D eigenvalue weighted by Gasteiger charge is -2.29. The van der Waals surface area contributed by atoms with Gasteiger partial charge in [-0.05, 0) is 49.1 Å². The number of β-amino-alcohol motifs (C(OH)–C–C–N with tert-alkyl or cyclic N) is 1. The maximum Gasteiger partial charge on any atom is 0.322 e. The number of carbonyl (C=O) groups is 3. The normalized spacial score (nSPS) is 17.6. The van der Waals surface area contributed by atoms with Gasteiger partial charge in [-0.2, -0.15) is 0 Å². The number of hydrogen-bond acceptors (Lipinski definition) is 6. The number of benzene rings is 3. The van der Waals surface area contributed by atoms with Crippen LogP contribution in [0.2, 0.25) is 0 Å². The monoisotopic (exact) mass is 627 g/mol. The van der Waals surface area contributed by atoms with E-state index in [2.05, 4.69) is 16.0 Å². The van der Waals surface area contributed by atoms with Gasteiger partial charge in [0.15, 0.2) is 0 Å². The summed E-state index contributed by atoms with van der Waals surface area (Å²) in [5.74, 6) is -0.343. The summed E-state index contributed by atoms with van der Waals surface area (Å²) in [6.45, 7) is 8.91. The molecule has 0 unspecified atom stereocenters. The number of fused-ring (bicyclic) bond motifs is 1. The first-order valence-corrected chi connectivity index (χ1v) is 16.0. The minimum absolute atomic E-state index is 0.125. The molecule has 2 aliphatic rings. The highest BCUT2D eigenvalue weighted by molar-refractivity contribution is 5.94. The van der Waals surface area contributed by atoms with Crippen LogP contribution in [0.1, 0.15) is 43.9 Å². The van der Waals surface area contributed by atoms with Crippen molar-refractivity contribution in [1.29, 1.82) is 0 Å². The van der Waals surface area contributed by atoms with Gasteiger partial charge in [0.2, 0.25) is 11.8 Å². The molecule has 0 radical (unpaired) electrons. The van der Waals surface area contributed by atoms with Crippen LogP contribution in [0.3, 0.4) is 0 Å². The Morgan fingerprint density at radius 3 is 2.37 bits per heavy atom. The fraction of sp³-hybridized carbons (Fsp3) is 0.417. The highest BCUT2D eigenvalue weighted by Gasteiger charge is 2.32. The number of aliphatic hydroxyl groups excluding tert-OH is 1. The van der Waals surface area contributed by atoms with Crippen LogP contribution in [0.25, 0.3) is 11.1 Å². The van der Waals surface area contributed by atoms with Gasteiger partial charge in [0.05, 0.1) is 25.0 Å². The van der Waals surface area contributed by atoms with Gasteiger partial charge in [-0.15, -0.1) is 0 Å². The number of urea groups is 1. The van der Waals surface area contributed by atoms with Gasteiger partial charge < -0.3 is 35.6 Å². The third-order valence-electron chi connectivity index (χ3n) is 8.43. The average molecular weight is 628 g/mol. The smallest absolute Gasteiger partial charge is 0.322 e. The number of nitrogens with one attached hydrogen (secondary N) is 3. The Hall–Kier alpha value is -4.25. The number of carbonyl (C=O) groups excluding carboxylic acids is 3. The summed E-state index contributed by atoms with van der Waals surface area (Å²) in [6.07, 6.45) is 0.0620. The summed E-state index contributed by atoms with van der Waals surface area (Å²) in [6, 6.07) is 22.9. The Morgan fingerprint density at radius 1 is 0.978 bits per heavy atom. The van der Waals surface area contributed by atoms with E-state index in [0.717, 1.165) is 33.5 Å². The molecule has 0 bridgehead atoms. The van der Waals surface area contributed by atoms with E-state index in [4.69, 9.17) is 4.74 Å². The predicted molar refractivity (Wildman–Crippen MR) is 178 cm³/mol. The number of aliphatic hydroxyl groups is 1. The van der Waals surface area contributed by atoms with Gasteiger partial charge in [0.25, 0.3) is 0 Å². The minimum Gasteiger partial charge on any atom is -0.392 e. The second kappa shape index (κ2) is 14.9.